The number of carbonyl (C=O) groups excluding carboxylic acids is 2. The van der Waals surface area contributed by atoms with Crippen LogP contribution in [0.3, 0.4) is 0 Å². The highest BCUT2D eigenvalue weighted by Crippen LogP contribution is 2.38. The third-order valence-corrected chi connectivity index (χ3v) is 8.62. The van der Waals surface area contributed by atoms with Crippen LogP contribution < -0.4 is 16.1 Å². The van der Waals surface area contributed by atoms with Crippen molar-refractivity contribution in [2.75, 3.05) is 5.32 Å². The van der Waals surface area contributed by atoms with Gasteiger partial charge in [0.15, 0.2) is 0 Å². The van der Waals surface area contributed by atoms with E-state index >= 15 is 0 Å². The number of imidazole rings is 1. The Kier molecular flexibility index (Phi) is 5.90. The van der Waals surface area contributed by atoms with Gasteiger partial charge in [-0.25, -0.2) is 9.97 Å². The Hall–Kier alpha value is -3.20. The number of amides is 2. The molecule has 0 spiro atoms. The highest BCUT2D eigenvalue weighted by molar-refractivity contribution is 6.38. The first-order chi connectivity index (χ1) is 18.0. The van der Waals surface area contributed by atoms with Gasteiger partial charge < -0.3 is 20.3 Å². The van der Waals surface area contributed by atoms with Crippen molar-refractivity contribution in [3.05, 3.63) is 35.8 Å². The molecule has 2 atom stereocenters. The first kappa shape index (κ1) is 25.1. The number of aromatic nitrogens is 3. The van der Waals surface area contributed by atoms with Gasteiger partial charge in [0, 0.05) is 30.1 Å². The quantitative estimate of drug-likeness (QED) is 0.457. The molecule has 2 radical (unpaired) electrons. The normalized spacial score (nSPS) is 23.2. The van der Waals surface area contributed by atoms with Crippen molar-refractivity contribution in [3.63, 3.8) is 0 Å². The van der Waals surface area contributed by atoms with Crippen molar-refractivity contribution in [2.24, 2.45) is 5.92 Å². The molecule has 1 aromatic carbocycles. The van der Waals surface area contributed by atoms with E-state index < -0.39 is 5.60 Å². The van der Waals surface area contributed by atoms with Crippen LogP contribution in [0.5, 0.6) is 0 Å². The van der Waals surface area contributed by atoms with E-state index in [1.807, 2.05) is 19.1 Å². The van der Waals surface area contributed by atoms with Crippen molar-refractivity contribution < 1.29 is 14.7 Å². The molecule has 3 aliphatic rings. The zero-order chi connectivity index (χ0) is 26.8. The second kappa shape index (κ2) is 8.94. The molecule has 1 aliphatic heterocycles. The van der Waals surface area contributed by atoms with Crippen LogP contribution in [0.25, 0.3) is 22.2 Å². The summed E-state index contributed by atoms with van der Waals surface area (Å²) < 4.78 is 2.31. The number of fused-ring (bicyclic) bond motifs is 3. The summed E-state index contributed by atoms with van der Waals surface area (Å²) >= 11 is 0. The number of benzene rings is 1. The van der Waals surface area contributed by atoms with E-state index in [0.717, 1.165) is 65.7 Å². The maximum atomic E-state index is 13.2. The number of anilines is 1. The fourth-order valence-corrected chi connectivity index (χ4v) is 6.14. The Morgan fingerprint density at radius 1 is 1.16 bits per heavy atom. The van der Waals surface area contributed by atoms with Gasteiger partial charge >= 0.3 is 0 Å². The summed E-state index contributed by atoms with van der Waals surface area (Å²) in [4.78, 5) is 34.8. The summed E-state index contributed by atoms with van der Waals surface area (Å²) in [5.74, 6) is 0.935. The number of rotatable bonds is 5. The summed E-state index contributed by atoms with van der Waals surface area (Å²) in [6.45, 7) is 6.46. The molecule has 0 saturated heterocycles. The van der Waals surface area contributed by atoms with Crippen molar-refractivity contribution in [2.45, 2.75) is 89.3 Å². The maximum absolute atomic E-state index is 13.2. The maximum Gasteiger partial charge on any atom is 0.252 e. The molecule has 3 N–H and O–H groups in total. The second-order valence-corrected chi connectivity index (χ2v) is 12.0. The second-order valence-electron chi connectivity index (χ2n) is 12.0. The highest BCUT2D eigenvalue weighted by Gasteiger charge is 2.48. The van der Waals surface area contributed by atoms with E-state index in [-0.39, 0.29) is 29.3 Å². The van der Waals surface area contributed by atoms with Crippen LogP contribution in [0.1, 0.15) is 70.2 Å². The van der Waals surface area contributed by atoms with Crippen LogP contribution >= 0.6 is 0 Å². The van der Waals surface area contributed by atoms with Gasteiger partial charge in [0.2, 0.25) is 5.91 Å². The standard InChI is InChI=1S/C29H34BN5O3/c1-16-15-31-23(33-26(36)17-5-4-6-19(11-17)32-27(37)29(38)9-10-29)14-20(16)18-12-21(30)25-22(13-18)35-24(34-25)7-8-28(35,2)3/h12-15,17,19,38H,4-11H2,1-3H3,(H,32,37)(H,31,33,36)/t17-,19+/m0/s1. The topological polar surface area (TPSA) is 109 Å². The fraction of sp³-hybridized carbons (Fsp3) is 0.517. The Labute approximate surface area is 224 Å². The monoisotopic (exact) mass is 511 g/mol. The molecule has 2 fully saturated rings. The van der Waals surface area contributed by atoms with Crippen molar-refractivity contribution >= 4 is 42.0 Å². The lowest BCUT2D eigenvalue weighted by atomic mass is 9.85. The van der Waals surface area contributed by atoms with Crippen LogP contribution in [0.2, 0.25) is 0 Å². The largest absolute Gasteiger partial charge is 0.380 e. The summed E-state index contributed by atoms with van der Waals surface area (Å²) in [7, 11) is 6.48. The van der Waals surface area contributed by atoms with Gasteiger partial charge in [-0.1, -0.05) is 17.9 Å². The van der Waals surface area contributed by atoms with Crippen molar-refractivity contribution in [1.82, 2.24) is 19.9 Å². The van der Waals surface area contributed by atoms with Crippen LogP contribution in [0.4, 0.5) is 5.82 Å². The Morgan fingerprint density at radius 3 is 2.71 bits per heavy atom. The predicted octanol–water partition coefficient (Wildman–Crippen LogP) is 3.02. The zero-order valence-corrected chi connectivity index (χ0v) is 22.3. The molecule has 3 aromatic rings. The van der Waals surface area contributed by atoms with Crippen molar-refractivity contribution in [1.29, 1.82) is 0 Å². The van der Waals surface area contributed by atoms with Crippen LogP contribution in [0.15, 0.2) is 24.4 Å². The lowest BCUT2D eigenvalue weighted by Gasteiger charge is -2.29. The Balaban J connectivity index is 1.22. The molecule has 9 heteroatoms. The molecule has 2 aliphatic carbocycles. The molecule has 6 rings (SSSR count). The smallest absolute Gasteiger partial charge is 0.252 e. The molecule has 0 bridgehead atoms. The highest BCUT2D eigenvalue weighted by atomic mass is 16.3. The minimum Gasteiger partial charge on any atom is -0.380 e. The molecule has 2 saturated carbocycles. The molecule has 2 amide bonds. The number of nitrogens with zero attached hydrogens (tertiary/aromatic N) is 3. The van der Waals surface area contributed by atoms with E-state index in [4.69, 9.17) is 12.8 Å². The molecule has 0 unspecified atom stereocenters. The first-order valence-electron chi connectivity index (χ1n) is 13.7. The summed E-state index contributed by atoms with van der Waals surface area (Å²) in [5, 5.41) is 16.0. The van der Waals surface area contributed by atoms with E-state index in [0.29, 0.717) is 30.5 Å². The summed E-state index contributed by atoms with van der Waals surface area (Å²) in [6.07, 6.45) is 7.76. The Morgan fingerprint density at radius 2 is 1.95 bits per heavy atom. The van der Waals surface area contributed by atoms with Gasteiger partial charge in [0.1, 0.15) is 25.1 Å². The molecule has 196 valence electrons. The predicted molar refractivity (Wildman–Crippen MR) is 147 cm³/mol. The number of hydrogen-bond acceptors (Lipinski definition) is 5. The van der Waals surface area contributed by atoms with Crippen LogP contribution in [-0.4, -0.2) is 50.9 Å². The van der Waals surface area contributed by atoms with E-state index in [1.165, 1.54) is 0 Å². The lowest BCUT2D eigenvalue weighted by molar-refractivity contribution is -0.133. The SMILES string of the molecule is [B]c1cc(-c2cc(NC(=O)[C@H]3CCC[C@@H](NC(=O)C4(O)CC4)C3)ncc2C)cc2c1nc1n2C(C)(C)CC1. The average molecular weight is 511 g/mol. The number of aryl methyl sites for hydroxylation is 2. The number of carbonyl (C=O) groups is 2. The van der Waals surface area contributed by atoms with Gasteiger partial charge in [-0.2, -0.15) is 0 Å². The third-order valence-electron chi connectivity index (χ3n) is 8.62. The molecule has 38 heavy (non-hydrogen) atoms. The fourth-order valence-electron chi connectivity index (χ4n) is 6.14. The number of pyridine rings is 1. The average Bonchev–Trinajstić information content (AvgIpc) is 3.40. The Bertz CT molecular complexity index is 1460. The van der Waals surface area contributed by atoms with Gasteiger partial charge in [0.05, 0.1) is 11.0 Å². The summed E-state index contributed by atoms with van der Waals surface area (Å²) in [6, 6.07) is 5.90. The minimum absolute atomic E-state index is 0.0185. The molecule has 2 aromatic heterocycles. The lowest BCUT2D eigenvalue weighted by Crippen LogP contribution is -2.45. The van der Waals surface area contributed by atoms with Crippen LogP contribution in [0, 0.1) is 12.8 Å². The molecular weight excluding hydrogens is 477 g/mol. The van der Waals surface area contributed by atoms with Crippen molar-refractivity contribution in [3.8, 4) is 11.1 Å². The van der Waals surface area contributed by atoms with Gasteiger partial charge in [-0.15, -0.1) is 0 Å². The summed E-state index contributed by atoms with van der Waals surface area (Å²) in [5.41, 5.74) is 4.21. The van der Waals surface area contributed by atoms with E-state index in [9.17, 15) is 14.7 Å². The molecular formula is C29H34BN5O3. The van der Waals surface area contributed by atoms with Gasteiger partial charge in [-0.05, 0) is 88.1 Å². The van der Waals surface area contributed by atoms with E-state index in [2.05, 4.69) is 40.1 Å². The third kappa shape index (κ3) is 4.40. The van der Waals surface area contributed by atoms with Crippen LogP contribution in [-0.2, 0) is 21.5 Å². The molecule has 3 heterocycles. The number of aliphatic hydroxyl groups is 1. The molecule has 8 nitrogen and oxygen atoms in total. The van der Waals surface area contributed by atoms with E-state index in [1.54, 1.807) is 6.20 Å². The first-order valence-corrected chi connectivity index (χ1v) is 13.7. The number of hydrogen-bond donors (Lipinski definition) is 3. The zero-order valence-electron chi connectivity index (χ0n) is 22.3. The number of nitrogens with one attached hydrogen (secondary N) is 2. The van der Waals surface area contributed by atoms with Gasteiger partial charge in [0.25, 0.3) is 5.91 Å². The minimum atomic E-state index is -1.20. The van der Waals surface area contributed by atoms with Gasteiger partial charge in [-0.3, -0.25) is 9.59 Å².